The summed E-state index contributed by atoms with van der Waals surface area (Å²) < 4.78 is 16.5. The number of ether oxygens (including phenoxy) is 2. The Hall–Kier alpha value is -3.08. The van der Waals surface area contributed by atoms with Gasteiger partial charge in [-0.25, -0.2) is 9.59 Å². The molecule has 0 spiro atoms. The molecule has 0 aliphatic heterocycles. The van der Waals surface area contributed by atoms with Crippen molar-refractivity contribution in [1.82, 2.24) is 0 Å². The molecule has 5 nitrogen and oxygen atoms in total. The monoisotopic (exact) mass is 366 g/mol. The molecule has 140 valence electrons. The van der Waals surface area contributed by atoms with Crippen LogP contribution in [0.15, 0.2) is 51.7 Å². The van der Waals surface area contributed by atoms with E-state index in [-0.39, 0.29) is 0 Å². The minimum atomic E-state index is -0.781. The van der Waals surface area contributed by atoms with Crippen molar-refractivity contribution >= 4 is 16.9 Å². The highest BCUT2D eigenvalue weighted by Gasteiger charge is 2.20. The van der Waals surface area contributed by atoms with Crippen molar-refractivity contribution in [2.24, 2.45) is 0 Å². The lowest BCUT2D eigenvalue weighted by Crippen LogP contribution is -2.28. The first-order chi connectivity index (χ1) is 12.9. The molecule has 0 bridgehead atoms. The number of esters is 1. The van der Waals surface area contributed by atoms with Crippen molar-refractivity contribution in [3.8, 4) is 11.5 Å². The van der Waals surface area contributed by atoms with Crippen LogP contribution in [0.1, 0.15) is 30.5 Å². The second-order valence-corrected chi connectivity index (χ2v) is 6.56. The van der Waals surface area contributed by atoms with E-state index < -0.39 is 17.7 Å². The third-order valence-corrected chi connectivity index (χ3v) is 4.36. The summed E-state index contributed by atoms with van der Waals surface area (Å²) in [6.45, 7) is 7.41. The Bertz CT molecular complexity index is 1050. The van der Waals surface area contributed by atoms with Gasteiger partial charge in [-0.3, -0.25) is 0 Å². The molecule has 1 aromatic heterocycles. The minimum absolute atomic E-state index is 0.378. The average molecular weight is 366 g/mol. The normalized spacial score (nSPS) is 12.0. The third-order valence-electron chi connectivity index (χ3n) is 4.36. The van der Waals surface area contributed by atoms with Crippen molar-refractivity contribution in [1.29, 1.82) is 0 Å². The van der Waals surface area contributed by atoms with Gasteiger partial charge in [0.1, 0.15) is 17.1 Å². The molecule has 0 amide bonds. The molecule has 2 aromatic carbocycles. The SMILES string of the molecule is CCc1cc2c(C)cc(=O)oc2cc1OC(=O)[C@@H](C)Oc1cccc(C)c1. The van der Waals surface area contributed by atoms with Gasteiger partial charge in [0.2, 0.25) is 0 Å². The Kier molecular flexibility index (Phi) is 5.31. The Labute approximate surface area is 157 Å². The highest BCUT2D eigenvalue weighted by atomic mass is 16.6. The quantitative estimate of drug-likeness (QED) is 0.382. The van der Waals surface area contributed by atoms with Crippen LogP contribution < -0.4 is 15.1 Å². The minimum Gasteiger partial charge on any atom is -0.479 e. The van der Waals surface area contributed by atoms with E-state index in [0.717, 1.165) is 22.1 Å². The van der Waals surface area contributed by atoms with E-state index in [4.69, 9.17) is 13.9 Å². The molecule has 0 saturated heterocycles. The summed E-state index contributed by atoms with van der Waals surface area (Å²) in [6.07, 6.45) is -0.110. The number of hydrogen-bond acceptors (Lipinski definition) is 5. The first kappa shape index (κ1) is 18.7. The number of fused-ring (bicyclic) bond motifs is 1. The lowest BCUT2D eigenvalue weighted by atomic mass is 10.1. The van der Waals surface area contributed by atoms with Gasteiger partial charge < -0.3 is 13.9 Å². The molecule has 0 saturated carbocycles. The maximum absolute atomic E-state index is 12.5. The fourth-order valence-electron chi connectivity index (χ4n) is 2.89. The Morgan fingerprint density at radius 3 is 2.63 bits per heavy atom. The van der Waals surface area contributed by atoms with Gasteiger partial charge in [-0.1, -0.05) is 19.1 Å². The summed E-state index contributed by atoms with van der Waals surface area (Å²) in [5.41, 5.74) is 2.69. The van der Waals surface area contributed by atoms with Gasteiger partial charge in [0.05, 0.1) is 0 Å². The number of hydrogen-bond donors (Lipinski definition) is 0. The smallest absolute Gasteiger partial charge is 0.352 e. The van der Waals surface area contributed by atoms with Gasteiger partial charge in [-0.15, -0.1) is 0 Å². The molecule has 1 atom stereocenters. The van der Waals surface area contributed by atoms with Crippen LogP contribution in [0.3, 0.4) is 0 Å². The van der Waals surface area contributed by atoms with Crippen LogP contribution >= 0.6 is 0 Å². The largest absolute Gasteiger partial charge is 0.479 e. The van der Waals surface area contributed by atoms with Crippen molar-refractivity contribution in [2.45, 2.75) is 40.2 Å². The molecule has 0 radical (unpaired) electrons. The summed E-state index contributed by atoms with van der Waals surface area (Å²) in [6, 6.07) is 12.4. The van der Waals surface area contributed by atoms with E-state index in [9.17, 15) is 9.59 Å². The van der Waals surface area contributed by atoms with E-state index in [1.54, 1.807) is 19.1 Å². The number of rotatable bonds is 5. The first-order valence-electron chi connectivity index (χ1n) is 8.89. The van der Waals surface area contributed by atoms with Gasteiger partial charge in [0, 0.05) is 17.5 Å². The zero-order valence-corrected chi connectivity index (χ0v) is 15.9. The van der Waals surface area contributed by atoms with Gasteiger partial charge in [0.15, 0.2) is 6.10 Å². The molecule has 3 rings (SSSR count). The van der Waals surface area contributed by atoms with E-state index in [2.05, 4.69) is 0 Å². The number of carbonyl (C=O) groups excluding carboxylic acids is 1. The van der Waals surface area contributed by atoms with Crippen molar-refractivity contribution < 1.29 is 18.7 Å². The number of benzene rings is 2. The van der Waals surface area contributed by atoms with Crippen molar-refractivity contribution in [3.05, 3.63) is 69.6 Å². The van der Waals surface area contributed by atoms with Crippen LogP contribution in [-0.2, 0) is 11.2 Å². The first-order valence-corrected chi connectivity index (χ1v) is 8.89. The Morgan fingerprint density at radius 2 is 1.93 bits per heavy atom. The predicted octanol–water partition coefficient (Wildman–Crippen LogP) is 4.35. The summed E-state index contributed by atoms with van der Waals surface area (Å²) in [5, 5.41) is 0.829. The molecule has 0 unspecified atom stereocenters. The Morgan fingerprint density at radius 1 is 1.15 bits per heavy atom. The molecule has 0 aliphatic rings. The fourth-order valence-corrected chi connectivity index (χ4v) is 2.89. The van der Waals surface area contributed by atoms with E-state index in [0.29, 0.717) is 23.5 Å². The summed E-state index contributed by atoms with van der Waals surface area (Å²) in [5.74, 6) is 0.472. The van der Waals surface area contributed by atoms with Crippen LogP contribution in [0.2, 0.25) is 0 Å². The molecule has 27 heavy (non-hydrogen) atoms. The second kappa shape index (κ2) is 7.66. The zero-order valence-electron chi connectivity index (χ0n) is 15.9. The Balaban J connectivity index is 1.86. The van der Waals surface area contributed by atoms with Crippen molar-refractivity contribution in [2.75, 3.05) is 0 Å². The maximum Gasteiger partial charge on any atom is 0.352 e. The fraction of sp³-hybridized carbons (Fsp3) is 0.273. The average Bonchev–Trinajstić information content (AvgIpc) is 2.61. The predicted molar refractivity (Wildman–Crippen MR) is 104 cm³/mol. The maximum atomic E-state index is 12.5. The van der Waals surface area contributed by atoms with Crippen LogP contribution in [0.25, 0.3) is 11.0 Å². The highest BCUT2D eigenvalue weighted by molar-refractivity contribution is 5.84. The molecule has 0 fully saturated rings. The molecule has 3 aromatic rings. The van der Waals surface area contributed by atoms with Crippen molar-refractivity contribution in [3.63, 3.8) is 0 Å². The molecule has 1 heterocycles. The molecule has 5 heteroatoms. The topological polar surface area (TPSA) is 65.7 Å². The standard InChI is InChI=1S/C22H22O5/c1-5-16-11-18-14(3)10-21(23)26-20(18)12-19(16)27-22(24)15(4)25-17-8-6-7-13(2)9-17/h6-12,15H,5H2,1-4H3/t15-/m1/s1. The summed E-state index contributed by atoms with van der Waals surface area (Å²) in [4.78, 5) is 24.1. The lowest BCUT2D eigenvalue weighted by molar-refractivity contribution is -0.141. The third kappa shape index (κ3) is 4.19. The molecule has 0 N–H and O–H groups in total. The molecular weight excluding hydrogens is 344 g/mol. The molecule has 0 aliphatic carbocycles. The van der Waals surface area contributed by atoms with Gasteiger partial charge >= 0.3 is 11.6 Å². The van der Waals surface area contributed by atoms with Crippen LogP contribution in [-0.4, -0.2) is 12.1 Å². The zero-order chi connectivity index (χ0) is 19.6. The van der Waals surface area contributed by atoms with Gasteiger partial charge in [0.25, 0.3) is 0 Å². The van der Waals surface area contributed by atoms with Crippen LogP contribution in [0, 0.1) is 13.8 Å². The lowest BCUT2D eigenvalue weighted by Gasteiger charge is -2.16. The van der Waals surface area contributed by atoms with Gasteiger partial charge in [-0.2, -0.15) is 0 Å². The van der Waals surface area contributed by atoms with Crippen LogP contribution in [0.4, 0.5) is 0 Å². The highest BCUT2D eigenvalue weighted by Crippen LogP contribution is 2.28. The second-order valence-electron chi connectivity index (χ2n) is 6.56. The summed E-state index contributed by atoms with van der Waals surface area (Å²) >= 11 is 0. The van der Waals surface area contributed by atoms with Gasteiger partial charge in [-0.05, 0) is 62.1 Å². The number of carbonyl (C=O) groups is 1. The van der Waals surface area contributed by atoms with E-state index in [1.165, 1.54) is 6.07 Å². The van der Waals surface area contributed by atoms with E-state index in [1.807, 2.05) is 45.0 Å². The van der Waals surface area contributed by atoms with E-state index >= 15 is 0 Å². The van der Waals surface area contributed by atoms with Crippen LogP contribution in [0.5, 0.6) is 11.5 Å². The number of aryl methyl sites for hydroxylation is 3. The summed E-state index contributed by atoms with van der Waals surface area (Å²) in [7, 11) is 0. The molecular formula is C22H22O5.